The van der Waals surface area contributed by atoms with E-state index in [9.17, 15) is 5.11 Å². The Morgan fingerprint density at radius 3 is 2.75 bits per heavy atom. The number of benzene rings is 2. The van der Waals surface area contributed by atoms with Crippen LogP contribution in [0.1, 0.15) is 5.56 Å². The summed E-state index contributed by atoms with van der Waals surface area (Å²) >= 11 is 0. The Bertz CT molecular complexity index is 763. The third-order valence-electron chi connectivity index (χ3n) is 3.02. The highest BCUT2D eigenvalue weighted by Gasteiger charge is 2.05. The predicted octanol–water partition coefficient (Wildman–Crippen LogP) is 2.81. The average Bonchev–Trinajstić information content (AvgIpc) is 2.49. The molecule has 0 amide bonds. The molecule has 0 aliphatic rings. The van der Waals surface area contributed by atoms with E-state index >= 15 is 0 Å². The lowest BCUT2D eigenvalue weighted by Crippen LogP contribution is -2.04. The van der Waals surface area contributed by atoms with Crippen molar-refractivity contribution in [2.75, 3.05) is 5.43 Å². The zero-order valence-electron chi connectivity index (χ0n) is 10.7. The number of hydrogen-bond donors (Lipinski definition) is 2. The van der Waals surface area contributed by atoms with Gasteiger partial charge in [0.15, 0.2) is 6.20 Å². The van der Waals surface area contributed by atoms with Crippen LogP contribution in [0.2, 0.25) is 0 Å². The fraction of sp³-hybridized carbons (Fsp3) is 0. The molecule has 2 aromatic carbocycles. The van der Waals surface area contributed by atoms with Crippen LogP contribution in [0.25, 0.3) is 10.9 Å². The van der Waals surface area contributed by atoms with Crippen molar-refractivity contribution in [2.45, 2.75) is 0 Å². The van der Waals surface area contributed by atoms with Crippen LogP contribution in [0.5, 0.6) is 5.75 Å². The number of aromatic amines is 1. The van der Waals surface area contributed by atoms with Crippen molar-refractivity contribution in [1.29, 1.82) is 0 Å². The van der Waals surface area contributed by atoms with Crippen LogP contribution in [0.3, 0.4) is 0 Å². The number of rotatable bonds is 3. The number of H-pyrrole nitrogens is 1. The van der Waals surface area contributed by atoms with E-state index in [-0.39, 0.29) is 5.75 Å². The van der Waals surface area contributed by atoms with E-state index in [4.69, 9.17) is 0 Å². The number of aromatic hydroxyl groups is 1. The zero-order chi connectivity index (χ0) is 13.8. The first-order valence-electron chi connectivity index (χ1n) is 6.31. The zero-order valence-corrected chi connectivity index (χ0v) is 10.7. The van der Waals surface area contributed by atoms with E-state index in [0.29, 0.717) is 5.56 Å². The summed E-state index contributed by atoms with van der Waals surface area (Å²) in [5.41, 5.74) is 5.54. The number of nitrogens with zero attached hydrogens (tertiary/aromatic N) is 1. The molecule has 0 aliphatic carbocycles. The number of aromatic nitrogens is 1. The van der Waals surface area contributed by atoms with E-state index in [1.165, 1.54) is 0 Å². The summed E-state index contributed by atoms with van der Waals surface area (Å²) in [5.74, 6) is 0.211. The second-order valence-electron chi connectivity index (χ2n) is 4.37. The summed E-state index contributed by atoms with van der Waals surface area (Å²) in [6.45, 7) is 0. The lowest BCUT2D eigenvalue weighted by molar-refractivity contribution is -0.344. The van der Waals surface area contributed by atoms with Crippen LogP contribution in [-0.2, 0) is 0 Å². The minimum atomic E-state index is 0.211. The Morgan fingerprint density at radius 2 is 1.85 bits per heavy atom. The maximum absolute atomic E-state index is 9.65. The molecule has 0 radical (unpaired) electrons. The minimum Gasteiger partial charge on any atom is -0.507 e. The second kappa shape index (κ2) is 5.40. The Labute approximate surface area is 116 Å². The second-order valence-corrected chi connectivity index (χ2v) is 4.37. The number of para-hydroxylation sites is 2. The predicted molar refractivity (Wildman–Crippen MR) is 79.8 cm³/mol. The van der Waals surface area contributed by atoms with Gasteiger partial charge < -0.3 is 5.11 Å². The molecule has 98 valence electrons. The summed E-state index contributed by atoms with van der Waals surface area (Å²) in [5, 5.41) is 14.9. The lowest BCUT2D eigenvalue weighted by atomic mass is 10.2. The highest BCUT2D eigenvalue weighted by Crippen LogP contribution is 2.18. The van der Waals surface area contributed by atoms with Gasteiger partial charge >= 0.3 is 0 Å². The molecule has 0 spiro atoms. The normalized spacial score (nSPS) is 11.0. The number of hydrogen-bond acceptors (Lipinski definition) is 3. The first-order valence-corrected chi connectivity index (χ1v) is 6.31. The highest BCUT2D eigenvalue weighted by molar-refractivity contribution is 5.88. The molecule has 0 fully saturated rings. The molecule has 1 heterocycles. The summed E-state index contributed by atoms with van der Waals surface area (Å²) in [6, 6.07) is 17.0. The Kier molecular flexibility index (Phi) is 3.29. The lowest BCUT2D eigenvalue weighted by Gasteiger charge is -2.01. The number of anilines is 1. The van der Waals surface area contributed by atoms with Crippen molar-refractivity contribution in [2.24, 2.45) is 5.10 Å². The van der Waals surface area contributed by atoms with Gasteiger partial charge in [0.1, 0.15) is 11.4 Å². The quantitative estimate of drug-likeness (QED) is 0.564. The number of phenols is 1. The van der Waals surface area contributed by atoms with Crippen molar-refractivity contribution in [3.63, 3.8) is 0 Å². The molecule has 4 nitrogen and oxygen atoms in total. The third-order valence-corrected chi connectivity index (χ3v) is 3.02. The third kappa shape index (κ3) is 2.44. The first-order chi connectivity index (χ1) is 9.84. The van der Waals surface area contributed by atoms with E-state index < -0.39 is 0 Å². The molecule has 1 aromatic heterocycles. The Balaban J connectivity index is 1.86. The van der Waals surface area contributed by atoms with Gasteiger partial charge in [-0.25, -0.2) is 4.98 Å². The largest absolute Gasteiger partial charge is 0.507 e. The average molecular weight is 264 g/mol. The van der Waals surface area contributed by atoms with Gasteiger partial charge in [-0.15, -0.1) is 0 Å². The molecular formula is C16H14N3O+. The van der Waals surface area contributed by atoms with Crippen LogP contribution in [0.15, 0.2) is 65.9 Å². The SMILES string of the molecule is Oc1ccccc1/C=N/Nc1cccc2ccc[nH+]c12. The molecule has 0 unspecified atom stereocenters. The van der Waals surface area contributed by atoms with E-state index in [0.717, 1.165) is 16.6 Å². The number of phenolic OH excluding ortho intramolecular Hbond substituents is 1. The van der Waals surface area contributed by atoms with Crippen LogP contribution in [-0.4, -0.2) is 11.3 Å². The van der Waals surface area contributed by atoms with Crippen molar-refractivity contribution in [3.8, 4) is 5.75 Å². The van der Waals surface area contributed by atoms with Crippen LogP contribution < -0.4 is 10.4 Å². The molecule has 3 rings (SSSR count). The van der Waals surface area contributed by atoms with Gasteiger partial charge in [-0.1, -0.05) is 18.2 Å². The van der Waals surface area contributed by atoms with Crippen LogP contribution in [0, 0.1) is 0 Å². The van der Waals surface area contributed by atoms with Crippen molar-refractivity contribution in [3.05, 3.63) is 66.4 Å². The van der Waals surface area contributed by atoms with Crippen molar-refractivity contribution >= 4 is 22.8 Å². The first kappa shape index (κ1) is 12.2. The molecule has 0 aliphatic heterocycles. The highest BCUT2D eigenvalue weighted by atomic mass is 16.3. The monoisotopic (exact) mass is 264 g/mol. The number of hydrazone groups is 1. The molecule has 20 heavy (non-hydrogen) atoms. The number of pyridine rings is 1. The molecule has 0 saturated heterocycles. The molecule has 4 heteroatoms. The molecule has 3 aromatic rings. The van der Waals surface area contributed by atoms with Gasteiger partial charge in [0.05, 0.1) is 6.21 Å². The fourth-order valence-corrected chi connectivity index (χ4v) is 2.01. The standard InChI is InChI=1S/C16H13N3O/c20-15-9-2-1-5-13(15)11-18-19-14-8-3-6-12-7-4-10-17-16(12)14/h1-11,19-20H/p+1/b18-11+. The summed E-state index contributed by atoms with van der Waals surface area (Å²) in [6.07, 6.45) is 3.47. The molecule has 0 bridgehead atoms. The Hall–Kier alpha value is -2.88. The molecule has 0 atom stereocenters. The van der Waals surface area contributed by atoms with E-state index in [2.05, 4.69) is 15.5 Å². The van der Waals surface area contributed by atoms with Gasteiger partial charge in [-0.05, 0) is 30.3 Å². The van der Waals surface area contributed by atoms with Gasteiger partial charge in [0.2, 0.25) is 5.52 Å². The maximum Gasteiger partial charge on any atom is 0.236 e. The topological polar surface area (TPSA) is 58.8 Å². The van der Waals surface area contributed by atoms with E-state index in [1.54, 1.807) is 24.4 Å². The summed E-state index contributed by atoms with van der Waals surface area (Å²) in [7, 11) is 0. The summed E-state index contributed by atoms with van der Waals surface area (Å²) in [4.78, 5) is 3.19. The number of fused-ring (bicyclic) bond motifs is 1. The fourth-order valence-electron chi connectivity index (χ4n) is 2.01. The van der Waals surface area contributed by atoms with Gasteiger partial charge in [-0.3, -0.25) is 5.43 Å². The smallest absolute Gasteiger partial charge is 0.236 e. The van der Waals surface area contributed by atoms with Gasteiger partial charge in [0.25, 0.3) is 0 Å². The van der Waals surface area contributed by atoms with Gasteiger partial charge in [0, 0.05) is 17.0 Å². The van der Waals surface area contributed by atoms with Crippen molar-refractivity contribution < 1.29 is 10.1 Å². The summed E-state index contributed by atoms with van der Waals surface area (Å²) < 4.78 is 0. The minimum absolute atomic E-state index is 0.211. The molecular weight excluding hydrogens is 250 g/mol. The molecule has 0 saturated carbocycles. The Morgan fingerprint density at radius 1 is 1.00 bits per heavy atom. The molecule has 3 N–H and O–H groups in total. The van der Waals surface area contributed by atoms with Crippen LogP contribution >= 0.6 is 0 Å². The maximum atomic E-state index is 9.65. The number of nitrogens with one attached hydrogen (secondary N) is 2. The van der Waals surface area contributed by atoms with Gasteiger partial charge in [-0.2, -0.15) is 5.10 Å². The van der Waals surface area contributed by atoms with Crippen LogP contribution in [0.4, 0.5) is 5.69 Å². The van der Waals surface area contributed by atoms with Crippen molar-refractivity contribution in [1.82, 2.24) is 0 Å². The van der Waals surface area contributed by atoms with E-state index in [1.807, 2.05) is 42.6 Å².